The topological polar surface area (TPSA) is 41.6 Å². The molecule has 0 aromatic heterocycles. The van der Waals surface area contributed by atoms with Crippen LogP contribution in [0.25, 0.3) is 0 Å². The van der Waals surface area contributed by atoms with Crippen molar-refractivity contribution in [2.24, 2.45) is 0 Å². The first-order valence-corrected chi connectivity index (χ1v) is 9.23. The maximum absolute atomic E-state index is 12.6. The Hall–Kier alpha value is -2.04. The zero-order valence-electron chi connectivity index (χ0n) is 15.7. The Morgan fingerprint density at radius 1 is 1.27 bits per heavy atom. The molecule has 3 rings (SSSR count). The zero-order valence-corrected chi connectivity index (χ0v) is 16.5. The van der Waals surface area contributed by atoms with Gasteiger partial charge in [-0.1, -0.05) is 31.5 Å². The van der Waals surface area contributed by atoms with Crippen molar-refractivity contribution >= 4 is 23.2 Å². The van der Waals surface area contributed by atoms with Crippen LogP contribution in [0.4, 0.5) is 5.69 Å². The number of nitrogens with zero attached hydrogens (tertiary/aromatic N) is 1. The van der Waals surface area contributed by atoms with E-state index in [4.69, 9.17) is 16.3 Å². The van der Waals surface area contributed by atoms with Gasteiger partial charge in [0.1, 0.15) is 5.75 Å². The summed E-state index contributed by atoms with van der Waals surface area (Å²) in [5.41, 5.74) is 4.01. The zero-order chi connectivity index (χ0) is 18.9. The standard InChI is InChI=1S/C21H25ClN2O2/c1-5-26-19-9-6-14(11-18(19)22)20(25)23-16-7-8-17-15(10-16)12-24(4)13-21(17,2)3/h6-11H,5,12-13H2,1-4H3,(H,23,25). The van der Waals surface area contributed by atoms with E-state index in [2.05, 4.69) is 43.2 Å². The Bertz CT molecular complexity index is 833. The number of ether oxygens (including phenoxy) is 1. The van der Waals surface area contributed by atoms with E-state index in [-0.39, 0.29) is 11.3 Å². The molecule has 5 heteroatoms. The van der Waals surface area contributed by atoms with Crippen LogP contribution in [-0.2, 0) is 12.0 Å². The van der Waals surface area contributed by atoms with Gasteiger partial charge in [-0.15, -0.1) is 0 Å². The molecule has 0 spiro atoms. The highest BCUT2D eigenvalue weighted by atomic mass is 35.5. The normalized spacial score (nSPS) is 16.0. The first kappa shape index (κ1) is 18.7. The average molecular weight is 373 g/mol. The Balaban J connectivity index is 1.80. The lowest BCUT2D eigenvalue weighted by Gasteiger charge is -2.38. The molecule has 138 valence electrons. The van der Waals surface area contributed by atoms with E-state index in [1.807, 2.05) is 13.0 Å². The van der Waals surface area contributed by atoms with Crippen LogP contribution < -0.4 is 10.1 Å². The maximum Gasteiger partial charge on any atom is 0.255 e. The monoisotopic (exact) mass is 372 g/mol. The Morgan fingerprint density at radius 2 is 2.04 bits per heavy atom. The van der Waals surface area contributed by atoms with Crippen molar-refractivity contribution in [2.75, 3.05) is 25.5 Å². The highest BCUT2D eigenvalue weighted by molar-refractivity contribution is 6.32. The third-order valence-corrected chi connectivity index (χ3v) is 4.99. The van der Waals surface area contributed by atoms with Crippen LogP contribution in [-0.4, -0.2) is 31.0 Å². The second-order valence-corrected chi connectivity index (χ2v) is 7.87. The van der Waals surface area contributed by atoms with Crippen molar-refractivity contribution in [3.05, 3.63) is 58.1 Å². The number of carbonyl (C=O) groups is 1. The molecular weight excluding hydrogens is 348 g/mol. The molecule has 1 amide bonds. The number of carbonyl (C=O) groups excluding carboxylic acids is 1. The number of hydrogen-bond donors (Lipinski definition) is 1. The Morgan fingerprint density at radius 3 is 2.73 bits per heavy atom. The largest absolute Gasteiger partial charge is 0.492 e. The average Bonchev–Trinajstić information content (AvgIpc) is 2.55. The number of rotatable bonds is 4. The number of fused-ring (bicyclic) bond motifs is 1. The predicted octanol–water partition coefficient (Wildman–Crippen LogP) is 4.71. The van der Waals surface area contributed by atoms with Crippen molar-refractivity contribution in [3.63, 3.8) is 0 Å². The fourth-order valence-electron chi connectivity index (χ4n) is 3.69. The van der Waals surface area contributed by atoms with Crippen molar-refractivity contribution in [1.82, 2.24) is 4.90 Å². The van der Waals surface area contributed by atoms with Crippen molar-refractivity contribution in [1.29, 1.82) is 0 Å². The van der Waals surface area contributed by atoms with Gasteiger partial charge in [-0.05, 0) is 55.4 Å². The van der Waals surface area contributed by atoms with E-state index >= 15 is 0 Å². The minimum atomic E-state index is -0.182. The molecule has 1 aliphatic heterocycles. The summed E-state index contributed by atoms with van der Waals surface area (Å²) in [7, 11) is 2.12. The summed E-state index contributed by atoms with van der Waals surface area (Å²) in [6.45, 7) is 8.84. The first-order valence-electron chi connectivity index (χ1n) is 8.86. The summed E-state index contributed by atoms with van der Waals surface area (Å²) in [5, 5.41) is 3.41. The summed E-state index contributed by atoms with van der Waals surface area (Å²) < 4.78 is 5.41. The molecule has 0 saturated heterocycles. The molecule has 0 aliphatic carbocycles. The van der Waals surface area contributed by atoms with Gasteiger partial charge in [-0.2, -0.15) is 0 Å². The lowest BCUT2D eigenvalue weighted by molar-refractivity contribution is 0.102. The molecule has 0 fully saturated rings. The van der Waals surface area contributed by atoms with Crippen LogP contribution in [0.3, 0.4) is 0 Å². The molecule has 0 bridgehead atoms. The van der Waals surface area contributed by atoms with E-state index in [9.17, 15) is 4.79 Å². The smallest absolute Gasteiger partial charge is 0.255 e. The second-order valence-electron chi connectivity index (χ2n) is 7.46. The van der Waals surface area contributed by atoms with Gasteiger partial charge < -0.3 is 15.0 Å². The maximum atomic E-state index is 12.6. The van der Waals surface area contributed by atoms with Gasteiger partial charge in [0.2, 0.25) is 0 Å². The molecule has 2 aromatic carbocycles. The summed E-state index contributed by atoms with van der Waals surface area (Å²) >= 11 is 6.19. The number of hydrogen-bond acceptors (Lipinski definition) is 3. The third kappa shape index (κ3) is 3.87. The Labute approximate surface area is 160 Å². The van der Waals surface area contributed by atoms with Crippen LogP contribution in [0.5, 0.6) is 5.75 Å². The number of nitrogens with one attached hydrogen (secondary N) is 1. The summed E-state index contributed by atoms with van der Waals surface area (Å²) in [4.78, 5) is 14.9. The molecule has 4 nitrogen and oxygen atoms in total. The summed E-state index contributed by atoms with van der Waals surface area (Å²) in [6.07, 6.45) is 0. The van der Waals surface area contributed by atoms with Crippen molar-refractivity contribution in [2.45, 2.75) is 32.7 Å². The molecule has 0 radical (unpaired) electrons. The molecule has 1 aliphatic rings. The Kier molecular flexibility index (Phi) is 5.26. The molecular formula is C21H25ClN2O2. The van der Waals surface area contributed by atoms with Crippen molar-refractivity contribution in [3.8, 4) is 5.75 Å². The molecule has 26 heavy (non-hydrogen) atoms. The minimum Gasteiger partial charge on any atom is -0.492 e. The molecule has 0 atom stereocenters. The van der Waals surface area contributed by atoms with Gasteiger partial charge in [0.15, 0.2) is 0 Å². The van der Waals surface area contributed by atoms with Crippen LogP contribution >= 0.6 is 11.6 Å². The van der Waals surface area contributed by atoms with Crippen LogP contribution in [0.1, 0.15) is 42.3 Å². The van der Waals surface area contributed by atoms with Gasteiger partial charge in [-0.3, -0.25) is 4.79 Å². The number of anilines is 1. The van der Waals surface area contributed by atoms with E-state index in [1.165, 1.54) is 11.1 Å². The van der Waals surface area contributed by atoms with Crippen LogP contribution in [0, 0.1) is 0 Å². The predicted molar refractivity (Wildman–Crippen MR) is 106 cm³/mol. The SMILES string of the molecule is CCOc1ccc(C(=O)Nc2ccc3c(c2)CN(C)CC3(C)C)cc1Cl. The molecule has 0 saturated carbocycles. The quantitative estimate of drug-likeness (QED) is 0.844. The second kappa shape index (κ2) is 7.29. The number of halogens is 1. The van der Waals surface area contributed by atoms with E-state index < -0.39 is 0 Å². The molecule has 2 aromatic rings. The number of amides is 1. The van der Waals surface area contributed by atoms with E-state index in [1.54, 1.807) is 18.2 Å². The van der Waals surface area contributed by atoms with Crippen molar-refractivity contribution < 1.29 is 9.53 Å². The first-order chi connectivity index (χ1) is 12.3. The number of likely N-dealkylation sites (N-methyl/N-ethyl adjacent to an activating group) is 1. The lowest BCUT2D eigenvalue weighted by Crippen LogP contribution is -2.39. The fourth-order valence-corrected chi connectivity index (χ4v) is 3.92. The van der Waals surface area contributed by atoms with Gasteiger partial charge in [0, 0.05) is 29.8 Å². The summed E-state index contributed by atoms with van der Waals surface area (Å²) in [6, 6.07) is 11.3. The molecule has 1 heterocycles. The number of benzene rings is 2. The van der Waals surface area contributed by atoms with Gasteiger partial charge in [0.05, 0.1) is 11.6 Å². The van der Waals surface area contributed by atoms with Crippen LogP contribution in [0.15, 0.2) is 36.4 Å². The van der Waals surface area contributed by atoms with E-state index in [0.29, 0.717) is 22.9 Å². The molecule has 0 unspecified atom stereocenters. The van der Waals surface area contributed by atoms with Gasteiger partial charge in [-0.25, -0.2) is 0 Å². The highest BCUT2D eigenvalue weighted by Gasteiger charge is 2.30. The van der Waals surface area contributed by atoms with Crippen LogP contribution in [0.2, 0.25) is 5.02 Å². The van der Waals surface area contributed by atoms with E-state index in [0.717, 1.165) is 18.8 Å². The lowest BCUT2D eigenvalue weighted by atomic mass is 9.78. The van der Waals surface area contributed by atoms with Gasteiger partial charge >= 0.3 is 0 Å². The van der Waals surface area contributed by atoms with Gasteiger partial charge in [0.25, 0.3) is 5.91 Å². The fraction of sp³-hybridized carbons (Fsp3) is 0.381. The minimum absolute atomic E-state index is 0.105. The highest BCUT2D eigenvalue weighted by Crippen LogP contribution is 2.34. The third-order valence-electron chi connectivity index (χ3n) is 4.69. The molecule has 1 N–H and O–H groups in total. The summed E-state index contributed by atoms with van der Waals surface area (Å²) in [5.74, 6) is 0.406.